The van der Waals surface area contributed by atoms with Crippen molar-refractivity contribution in [2.75, 3.05) is 38.0 Å². The molecule has 2 rings (SSSR count). The summed E-state index contributed by atoms with van der Waals surface area (Å²) in [4.78, 5) is 2.08. The molecule has 0 atom stereocenters. The molecular weight excluding hydrogens is 176 g/mol. The van der Waals surface area contributed by atoms with Crippen LogP contribution in [0.3, 0.4) is 0 Å². The van der Waals surface area contributed by atoms with Crippen molar-refractivity contribution in [3.63, 3.8) is 0 Å². The number of benzene rings is 1. The van der Waals surface area contributed by atoms with E-state index >= 15 is 0 Å². The van der Waals surface area contributed by atoms with Crippen molar-refractivity contribution in [3.05, 3.63) is 17.7 Å². The van der Waals surface area contributed by atoms with E-state index in [1.165, 1.54) is 11.3 Å². The Labute approximate surface area is 84.7 Å². The number of nitrogens with zero attached hydrogens (tertiary/aromatic N) is 1. The zero-order valence-corrected chi connectivity index (χ0v) is 8.92. The zero-order valence-electron chi connectivity index (χ0n) is 8.92. The summed E-state index contributed by atoms with van der Waals surface area (Å²) in [6.07, 6.45) is 1.11. The lowest BCUT2D eigenvalue weighted by atomic mass is 10.1. The molecule has 0 saturated carbocycles. The summed E-state index contributed by atoms with van der Waals surface area (Å²) in [6.45, 7) is 1.04. The fourth-order valence-electron chi connectivity index (χ4n) is 1.83. The normalized spacial score (nSPS) is 13.4. The van der Waals surface area contributed by atoms with Gasteiger partial charge in [-0.1, -0.05) is 0 Å². The van der Waals surface area contributed by atoms with Gasteiger partial charge in [-0.05, 0) is 18.1 Å². The Balaban J connectivity index is 2.49. The van der Waals surface area contributed by atoms with Gasteiger partial charge in [-0.2, -0.15) is 0 Å². The minimum atomic E-state index is 0.933. The van der Waals surface area contributed by atoms with Crippen LogP contribution in [0.5, 0.6) is 5.75 Å². The Morgan fingerprint density at radius 2 is 2.14 bits per heavy atom. The van der Waals surface area contributed by atoms with Gasteiger partial charge in [0.15, 0.2) is 0 Å². The summed E-state index contributed by atoms with van der Waals surface area (Å²) >= 11 is 0. The van der Waals surface area contributed by atoms with E-state index in [1.807, 2.05) is 14.1 Å². The Bertz CT molecular complexity index is 347. The molecule has 0 unspecified atom stereocenters. The number of rotatable bonds is 2. The van der Waals surface area contributed by atoms with Crippen molar-refractivity contribution in [1.82, 2.24) is 0 Å². The summed E-state index contributed by atoms with van der Waals surface area (Å²) in [7, 11) is 5.78. The van der Waals surface area contributed by atoms with E-state index in [1.54, 1.807) is 7.11 Å². The third kappa shape index (κ3) is 1.39. The van der Waals surface area contributed by atoms with Crippen LogP contribution in [0.25, 0.3) is 0 Å². The molecule has 0 amide bonds. The van der Waals surface area contributed by atoms with Gasteiger partial charge in [-0.15, -0.1) is 0 Å². The second kappa shape index (κ2) is 3.40. The third-order valence-corrected chi connectivity index (χ3v) is 2.60. The van der Waals surface area contributed by atoms with Crippen LogP contribution in [0.2, 0.25) is 0 Å². The monoisotopic (exact) mass is 192 g/mol. The van der Waals surface area contributed by atoms with Gasteiger partial charge >= 0.3 is 0 Å². The molecule has 76 valence electrons. The van der Waals surface area contributed by atoms with E-state index in [0.717, 1.165) is 24.4 Å². The summed E-state index contributed by atoms with van der Waals surface area (Å²) in [6, 6.07) is 4.28. The first-order valence-electron chi connectivity index (χ1n) is 4.84. The van der Waals surface area contributed by atoms with Crippen LogP contribution >= 0.6 is 0 Å². The van der Waals surface area contributed by atoms with Crippen molar-refractivity contribution in [2.45, 2.75) is 6.42 Å². The number of fused-ring (bicyclic) bond motifs is 1. The number of hydrogen-bond donors (Lipinski definition) is 1. The lowest BCUT2D eigenvalue weighted by molar-refractivity contribution is 0.415. The number of methoxy groups -OCH3 is 1. The minimum absolute atomic E-state index is 0.933. The highest BCUT2D eigenvalue weighted by Gasteiger charge is 2.15. The highest BCUT2D eigenvalue weighted by Crippen LogP contribution is 2.35. The predicted octanol–water partition coefficient (Wildman–Crippen LogP) is 1.73. The van der Waals surface area contributed by atoms with Crippen LogP contribution in [0, 0.1) is 0 Å². The zero-order chi connectivity index (χ0) is 10.1. The molecule has 1 aromatic rings. The maximum atomic E-state index is 5.35. The van der Waals surface area contributed by atoms with Gasteiger partial charge in [0, 0.05) is 32.4 Å². The van der Waals surface area contributed by atoms with Crippen molar-refractivity contribution < 1.29 is 4.74 Å². The summed E-state index contributed by atoms with van der Waals surface area (Å²) in [5.74, 6) is 0.933. The molecular formula is C11H16N2O. The second-order valence-electron chi connectivity index (χ2n) is 3.75. The molecule has 0 radical (unpaired) electrons. The van der Waals surface area contributed by atoms with Crippen molar-refractivity contribution in [1.29, 1.82) is 0 Å². The Morgan fingerprint density at radius 1 is 1.36 bits per heavy atom. The van der Waals surface area contributed by atoms with Gasteiger partial charge in [-0.25, -0.2) is 0 Å². The SMILES string of the molecule is COc1cc2c(cc1N(C)C)CCN2. The molecule has 0 spiro atoms. The topological polar surface area (TPSA) is 24.5 Å². The molecule has 0 bridgehead atoms. The highest BCUT2D eigenvalue weighted by molar-refractivity contribution is 5.70. The molecule has 0 aliphatic carbocycles. The molecule has 1 heterocycles. The largest absolute Gasteiger partial charge is 0.495 e. The minimum Gasteiger partial charge on any atom is -0.495 e. The Morgan fingerprint density at radius 3 is 2.79 bits per heavy atom. The predicted molar refractivity (Wildman–Crippen MR) is 59.5 cm³/mol. The highest BCUT2D eigenvalue weighted by atomic mass is 16.5. The molecule has 0 fully saturated rings. The van der Waals surface area contributed by atoms with E-state index in [9.17, 15) is 0 Å². The van der Waals surface area contributed by atoms with E-state index in [-0.39, 0.29) is 0 Å². The first-order chi connectivity index (χ1) is 6.72. The Hall–Kier alpha value is -1.38. The molecule has 1 N–H and O–H groups in total. The van der Waals surface area contributed by atoms with E-state index in [4.69, 9.17) is 4.74 Å². The standard InChI is InChI=1S/C11H16N2O/c1-13(2)10-6-8-4-5-12-9(8)7-11(10)14-3/h6-7,12H,4-5H2,1-3H3. The van der Waals surface area contributed by atoms with Crippen molar-refractivity contribution in [2.24, 2.45) is 0 Å². The number of hydrogen-bond acceptors (Lipinski definition) is 3. The third-order valence-electron chi connectivity index (χ3n) is 2.60. The van der Waals surface area contributed by atoms with Gasteiger partial charge < -0.3 is 15.0 Å². The van der Waals surface area contributed by atoms with Gasteiger partial charge in [0.05, 0.1) is 12.8 Å². The molecule has 1 aliphatic rings. The fraction of sp³-hybridized carbons (Fsp3) is 0.455. The van der Waals surface area contributed by atoms with Crippen molar-refractivity contribution in [3.8, 4) is 5.75 Å². The molecule has 0 saturated heterocycles. The van der Waals surface area contributed by atoms with Crippen LogP contribution < -0.4 is 15.0 Å². The number of anilines is 2. The van der Waals surface area contributed by atoms with Crippen LogP contribution in [-0.4, -0.2) is 27.7 Å². The molecule has 1 aliphatic heterocycles. The van der Waals surface area contributed by atoms with Crippen LogP contribution in [-0.2, 0) is 6.42 Å². The first-order valence-corrected chi connectivity index (χ1v) is 4.84. The molecule has 1 aromatic carbocycles. The lowest BCUT2D eigenvalue weighted by Crippen LogP contribution is -2.10. The molecule has 3 heteroatoms. The van der Waals surface area contributed by atoms with Crippen LogP contribution in [0.4, 0.5) is 11.4 Å². The van der Waals surface area contributed by atoms with Gasteiger partial charge in [-0.3, -0.25) is 0 Å². The first kappa shape index (κ1) is 9.19. The van der Waals surface area contributed by atoms with Crippen molar-refractivity contribution >= 4 is 11.4 Å². The number of nitrogens with one attached hydrogen (secondary N) is 1. The summed E-state index contributed by atoms with van der Waals surface area (Å²) < 4.78 is 5.35. The maximum absolute atomic E-state index is 5.35. The van der Waals surface area contributed by atoms with Gasteiger partial charge in [0.1, 0.15) is 5.75 Å². The molecule has 3 nitrogen and oxygen atoms in total. The summed E-state index contributed by atoms with van der Waals surface area (Å²) in [5, 5.41) is 3.34. The summed E-state index contributed by atoms with van der Waals surface area (Å²) in [5.41, 5.74) is 3.75. The van der Waals surface area contributed by atoms with E-state index < -0.39 is 0 Å². The van der Waals surface area contributed by atoms with Crippen LogP contribution in [0.1, 0.15) is 5.56 Å². The lowest BCUT2D eigenvalue weighted by Gasteiger charge is -2.17. The van der Waals surface area contributed by atoms with E-state index in [0.29, 0.717) is 0 Å². The second-order valence-corrected chi connectivity index (χ2v) is 3.75. The maximum Gasteiger partial charge on any atom is 0.144 e. The Kier molecular flexibility index (Phi) is 2.23. The van der Waals surface area contributed by atoms with Gasteiger partial charge in [0.25, 0.3) is 0 Å². The molecule has 14 heavy (non-hydrogen) atoms. The fourth-order valence-corrected chi connectivity index (χ4v) is 1.83. The quantitative estimate of drug-likeness (QED) is 0.772. The molecule has 0 aromatic heterocycles. The average molecular weight is 192 g/mol. The van der Waals surface area contributed by atoms with Crippen LogP contribution in [0.15, 0.2) is 12.1 Å². The smallest absolute Gasteiger partial charge is 0.144 e. The van der Waals surface area contributed by atoms with Gasteiger partial charge in [0.2, 0.25) is 0 Å². The number of ether oxygens (including phenoxy) is 1. The average Bonchev–Trinajstić information content (AvgIpc) is 2.62. The van der Waals surface area contributed by atoms with E-state index in [2.05, 4.69) is 22.3 Å².